The second-order valence-corrected chi connectivity index (χ2v) is 6.21. The third-order valence-electron chi connectivity index (χ3n) is 2.37. The fourth-order valence-corrected chi connectivity index (χ4v) is 3.69. The molecule has 0 fully saturated rings. The summed E-state index contributed by atoms with van der Waals surface area (Å²) in [7, 11) is -3.99. The van der Waals surface area contributed by atoms with E-state index < -0.39 is 22.0 Å². The number of thiazole rings is 1. The minimum Gasteiger partial charge on any atom is -0.368 e. The van der Waals surface area contributed by atoms with Gasteiger partial charge in [0.05, 0.1) is 6.04 Å². The lowest BCUT2D eigenvalue weighted by atomic mass is 10.4. The van der Waals surface area contributed by atoms with Crippen LogP contribution < -0.4 is 21.7 Å². The molecule has 2 aromatic rings. The Morgan fingerprint density at radius 3 is 2.84 bits per heavy atom. The van der Waals surface area contributed by atoms with E-state index in [1.807, 2.05) is 0 Å². The first-order valence-corrected chi connectivity index (χ1v) is 7.47. The van der Waals surface area contributed by atoms with Gasteiger partial charge in [0.1, 0.15) is 0 Å². The number of carbonyl (C=O) groups is 1. The molecule has 0 spiro atoms. The van der Waals surface area contributed by atoms with E-state index in [2.05, 4.69) is 15.1 Å². The van der Waals surface area contributed by atoms with Crippen molar-refractivity contribution in [3.63, 3.8) is 0 Å². The lowest BCUT2D eigenvalue weighted by Crippen LogP contribution is -2.42. The van der Waals surface area contributed by atoms with Gasteiger partial charge in [0, 0.05) is 11.6 Å². The molecule has 1 unspecified atom stereocenters. The number of nitrogen functional groups attached to an aromatic ring is 1. The number of anilines is 1. The zero-order chi connectivity index (χ0) is 14.2. The molecule has 2 heterocycles. The Bertz CT molecular complexity index is 718. The van der Waals surface area contributed by atoms with Gasteiger partial charge >= 0.3 is 0 Å². The first kappa shape index (κ1) is 13.7. The summed E-state index contributed by atoms with van der Waals surface area (Å²) in [6, 6.07) is -1.04. The molecule has 0 aromatic carbocycles. The van der Waals surface area contributed by atoms with E-state index in [-0.39, 0.29) is 10.8 Å². The highest BCUT2D eigenvalue weighted by Crippen LogP contribution is 2.24. The SMILES string of the molecule is CC(NS(=O)(=O)c1c(NN)nc2sccn12)C(N)=O. The quantitative estimate of drug-likeness (QED) is 0.405. The van der Waals surface area contributed by atoms with Crippen LogP contribution in [0.5, 0.6) is 0 Å². The highest BCUT2D eigenvalue weighted by molar-refractivity contribution is 7.89. The standard InChI is InChI=1S/C8H12N6O3S2/c1-4(5(9)15)13-19(16,17)7-6(12-10)11-8-14(7)2-3-18-8/h2-4,12-13H,10H2,1H3,(H2,9,15). The molecule has 0 saturated carbocycles. The van der Waals surface area contributed by atoms with Crippen LogP contribution in [0, 0.1) is 0 Å². The Morgan fingerprint density at radius 1 is 1.58 bits per heavy atom. The van der Waals surface area contributed by atoms with E-state index in [4.69, 9.17) is 11.6 Å². The van der Waals surface area contributed by atoms with Crippen LogP contribution in [0.25, 0.3) is 4.96 Å². The summed E-state index contributed by atoms with van der Waals surface area (Å²) >= 11 is 1.25. The molecule has 0 radical (unpaired) electrons. The van der Waals surface area contributed by atoms with E-state index in [0.717, 1.165) is 0 Å². The molecule has 2 aromatic heterocycles. The fourth-order valence-electron chi connectivity index (χ4n) is 1.46. The van der Waals surface area contributed by atoms with Crippen LogP contribution in [0.15, 0.2) is 16.6 Å². The molecule has 6 N–H and O–H groups in total. The number of hydrazine groups is 1. The van der Waals surface area contributed by atoms with Crippen LogP contribution in [-0.2, 0) is 14.8 Å². The molecular formula is C8H12N6O3S2. The number of rotatable bonds is 5. The molecular weight excluding hydrogens is 292 g/mol. The number of nitrogens with one attached hydrogen (secondary N) is 2. The van der Waals surface area contributed by atoms with E-state index in [1.165, 1.54) is 28.9 Å². The average molecular weight is 304 g/mol. The Labute approximate surface area is 112 Å². The molecule has 1 amide bonds. The number of hydrogen-bond acceptors (Lipinski definition) is 7. The van der Waals surface area contributed by atoms with Crippen LogP contribution in [-0.4, -0.2) is 29.8 Å². The Hall–Kier alpha value is -1.69. The Balaban J connectivity index is 2.53. The number of sulfonamides is 1. The summed E-state index contributed by atoms with van der Waals surface area (Å²) in [5, 5.41) is 1.51. The smallest absolute Gasteiger partial charge is 0.261 e. The summed E-state index contributed by atoms with van der Waals surface area (Å²) in [6.45, 7) is 1.35. The van der Waals surface area contributed by atoms with Gasteiger partial charge in [0.15, 0.2) is 10.8 Å². The predicted octanol–water partition coefficient (Wildman–Crippen LogP) is -1.17. The number of hydrogen-bond donors (Lipinski definition) is 4. The van der Waals surface area contributed by atoms with Crippen molar-refractivity contribution in [2.75, 3.05) is 5.43 Å². The monoisotopic (exact) mass is 304 g/mol. The molecule has 0 aliphatic rings. The number of nitrogens with two attached hydrogens (primary N) is 2. The molecule has 0 aliphatic heterocycles. The van der Waals surface area contributed by atoms with Gasteiger partial charge in [-0.3, -0.25) is 9.20 Å². The van der Waals surface area contributed by atoms with Crippen molar-refractivity contribution in [2.45, 2.75) is 18.0 Å². The third-order valence-corrected chi connectivity index (χ3v) is 4.69. The van der Waals surface area contributed by atoms with Crippen molar-refractivity contribution in [3.8, 4) is 0 Å². The third kappa shape index (κ3) is 2.40. The number of aromatic nitrogens is 2. The first-order valence-electron chi connectivity index (χ1n) is 5.10. The molecule has 19 heavy (non-hydrogen) atoms. The zero-order valence-electron chi connectivity index (χ0n) is 9.82. The fraction of sp³-hybridized carbons (Fsp3) is 0.250. The van der Waals surface area contributed by atoms with Gasteiger partial charge in [-0.1, -0.05) is 0 Å². The highest BCUT2D eigenvalue weighted by atomic mass is 32.2. The van der Waals surface area contributed by atoms with Crippen molar-refractivity contribution < 1.29 is 13.2 Å². The minimum absolute atomic E-state index is 0.00368. The average Bonchev–Trinajstić information content (AvgIpc) is 2.86. The van der Waals surface area contributed by atoms with Crippen molar-refractivity contribution >= 4 is 38.0 Å². The summed E-state index contributed by atoms with van der Waals surface area (Å²) in [5.41, 5.74) is 7.25. The zero-order valence-corrected chi connectivity index (χ0v) is 11.5. The van der Waals surface area contributed by atoms with Gasteiger partial charge in [-0.2, -0.15) is 9.71 Å². The molecule has 104 valence electrons. The maximum absolute atomic E-state index is 12.2. The summed E-state index contributed by atoms with van der Waals surface area (Å²) < 4.78 is 28.0. The summed E-state index contributed by atoms with van der Waals surface area (Å²) in [6.07, 6.45) is 1.54. The van der Waals surface area contributed by atoms with Gasteiger partial charge in [0.2, 0.25) is 10.9 Å². The van der Waals surface area contributed by atoms with Crippen LogP contribution in [0.2, 0.25) is 0 Å². The second-order valence-electron chi connectivity index (χ2n) is 3.71. The molecule has 1 atom stereocenters. The van der Waals surface area contributed by atoms with Gasteiger partial charge in [0.25, 0.3) is 10.0 Å². The summed E-state index contributed by atoms with van der Waals surface area (Å²) in [4.78, 5) is 15.4. The molecule has 2 rings (SSSR count). The molecule has 0 saturated heterocycles. The highest BCUT2D eigenvalue weighted by Gasteiger charge is 2.28. The topological polar surface area (TPSA) is 145 Å². The number of imidazole rings is 1. The van der Waals surface area contributed by atoms with Gasteiger partial charge in [-0.15, -0.1) is 11.3 Å². The number of nitrogens with zero attached hydrogens (tertiary/aromatic N) is 2. The van der Waals surface area contributed by atoms with E-state index in [9.17, 15) is 13.2 Å². The number of carbonyl (C=O) groups excluding carboxylic acids is 1. The largest absolute Gasteiger partial charge is 0.368 e. The Morgan fingerprint density at radius 2 is 2.26 bits per heavy atom. The van der Waals surface area contributed by atoms with Gasteiger partial charge < -0.3 is 11.2 Å². The van der Waals surface area contributed by atoms with Crippen molar-refractivity contribution in [3.05, 3.63) is 11.6 Å². The number of fused-ring (bicyclic) bond motifs is 1. The molecule has 11 heteroatoms. The van der Waals surface area contributed by atoms with E-state index in [0.29, 0.717) is 4.96 Å². The normalized spacial score (nSPS) is 13.6. The van der Waals surface area contributed by atoms with Crippen LogP contribution >= 0.6 is 11.3 Å². The Kier molecular flexibility index (Phi) is 3.45. The summed E-state index contributed by atoms with van der Waals surface area (Å²) in [5.74, 6) is 4.47. The van der Waals surface area contributed by atoms with Crippen molar-refractivity contribution in [1.82, 2.24) is 14.1 Å². The van der Waals surface area contributed by atoms with E-state index in [1.54, 1.807) is 5.38 Å². The minimum atomic E-state index is -3.99. The van der Waals surface area contributed by atoms with Crippen molar-refractivity contribution in [2.24, 2.45) is 11.6 Å². The molecule has 0 aliphatic carbocycles. The van der Waals surface area contributed by atoms with Gasteiger partial charge in [-0.25, -0.2) is 14.3 Å². The van der Waals surface area contributed by atoms with Crippen LogP contribution in [0.3, 0.4) is 0 Å². The number of primary amides is 1. The van der Waals surface area contributed by atoms with Crippen LogP contribution in [0.1, 0.15) is 6.92 Å². The molecule has 9 nitrogen and oxygen atoms in total. The lowest BCUT2D eigenvalue weighted by molar-refractivity contribution is -0.119. The second kappa shape index (κ2) is 4.77. The van der Waals surface area contributed by atoms with Gasteiger partial charge in [-0.05, 0) is 6.92 Å². The maximum Gasteiger partial charge on any atom is 0.261 e. The predicted molar refractivity (Wildman–Crippen MR) is 69.9 cm³/mol. The number of amides is 1. The van der Waals surface area contributed by atoms with Crippen LogP contribution in [0.4, 0.5) is 5.82 Å². The first-order chi connectivity index (χ1) is 8.86. The maximum atomic E-state index is 12.2. The van der Waals surface area contributed by atoms with E-state index >= 15 is 0 Å². The lowest BCUT2D eigenvalue weighted by Gasteiger charge is -2.11. The molecule has 0 bridgehead atoms. The van der Waals surface area contributed by atoms with Crippen molar-refractivity contribution in [1.29, 1.82) is 0 Å².